The summed E-state index contributed by atoms with van der Waals surface area (Å²) in [6.07, 6.45) is 0.327. The third-order valence-electron chi connectivity index (χ3n) is 2.09. The van der Waals surface area contributed by atoms with Gasteiger partial charge in [0.25, 0.3) is 0 Å². The second-order valence-corrected chi connectivity index (χ2v) is 3.53. The van der Waals surface area contributed by atoms with E-state index in [4.69, 9.17) is 17.3 Å². The Kier molecular flexibility index (Phi) is 1.98. The second-order valence-electron chi connectivity index (χ2n) is 3.09. The Morgan fingerprint density at radius 1 is 1.54 bits per heavy atom. The molecule has 4 heteroatoms. The van der Waals surface area contributed by atoms with Crippen LogP contribution in [0.15, 0.2) is 18.2 Å². The molecule has 0 fully saturated rings. The van der Waals surface area contributed by atoms with Crippen molar-refractivity contribution < 1.29 is 4.79 Å². The van der Waals surface area contributed by atoms with E-state index in [1.807, 2.05) is 0 Å². The van der Waals surface area contributed by atoms with E-state index in [0.29, 0.717) is 11.4 Å². The fourth-order valence-corrected chi connectivity index (χ4v) is 1.65. The van der Waals surface area contributed by atoms with Crippen LogP contribution in [0.2, 0.25) is 5.02 Å². The largest absolute Gasteiger partial charge is 0.326 e. The van der Waals surface area contributed by atoms with Crippen LogP contribution in [-0.2, 0) is 4.79 Å². The van der Waals surface area contributed by atoms with Gasteiger partial charge in [-0.25, -0.2) is 0 Å². The summed E-state index contributed by atoms with van der Waals surface area (Å²) in [5.74, 6) is -0.0395. The summed E-state index contributed by atoms with van der Waals surface area (Å²) in [5, 5.41) is 3.38. The molecule has 0 saturated heterocycles. The van der Waals surface area contributed by atoms with Gasteiger partial charge in [0.1, 0.15) is 0 Å². The molecule has 1 aromatic carbocycles. The van der Waals surface area contributed by atoms with E-state index >= 15 is 0 Å². The fourth-order valence-electron chi connectivity index (χ4n) is 1.47. The molecule has 1 amide bonds. The first kappa shape index (κ1) is 8.53. The molecule has 1 unspecified atom stereocenters. The molecule has 0 radical (unpaired) electrons. The monoisotopic (exact) mass is 196 g/mol. The average molecular weight is 197 g/mol. The maximum absolute atomic E-state index is 11.1. The quantitative estimate of drug-likeness (QED) is 0.664. The molecule has 2 rings (SSSR count). The van der Waals surface area contributed by atoms with E-state index in [2.05, 4.69) is 5.32 Å². The maximum atomic E-state index is 11.1. The van der Waals surface area contributed by atoms with Crippen LogP contribution in [0.4, 0.5) is 5.69 Å². The fraction of sp³-hybridized carbons (Fsp3) is 0.222. The van der Waals surface area contributed by atoms with Gasteiger partial charge >= 0.3 is 0 Å². The molecule has 1 heterocycles. The minimum absolute atomic E-state index is 0.0395. The predicted molar refractivity (Wildman–Crippen MR) is 51.6 cm³/mol. The summed E-state index contributed by atoms with van der Waals surface area (Å²) in [7, 11) is 0. The van der Waals surface area contributed by atoms with E-state index in [0.717, 1.165) is 11.3 Å². The number of benzene rings is 1. The first-order valence-corrected chi connectivity index (χ1v) is 4.39. The van der Waals surface area contributed by atoms with Gasteiger partial charge in [0.2, 0.25) is 5.91 Å². The van der Waals surface area contributed by atoms with Crippen LogP contribution in [0.5, 0.6) is 0 Å². The molecule has 3 nitrogen and oxygen atoms in total. The molecule has 1 aromatic rings. The van der Waals surface area contributed by atoms with Crippen LogP contribution < -0.4 is 11.1 Å². The zero-order valence-electron chi connectivity index (χ0n) is 6.88. The third-order valence-corrected chi connectivity index (χ3v) is 2.33. The highest BCUT2D eigenvalue weighted by Crippen LogP contribution is 2.30. The number of carbonyl (C=O) groups excluding carboxylic acids is 1. The van der Waals surface area contributed by atoms with E-state index in [-0.39, 0.29) is 11.9 Å². The van der Waals surface area contributed by atoms with Crippen molar-refractivity contribution in [1.82, 2.24) is 0 Å². The molecule has 1 aliphatic rings. The van der Waals surface area contributed by atoms with Gasteiger partial charge in [0.05, 0.1) is 0 Å². The summed E-state index contributed by atoms with van der Waals surface area (Å²) >= 11 is 5.81. The van der Waals surface area contributed by atoms with Crippen LogP contribution in [0, 0.1) is 0 Å². The Morgan fingerprint density at radius 3 is 3.08 bits per heavy atom. The molecule has 68 valence electrons. The normalized spacial score (nSPS) is 20.8. The van der Waals surface area contributed by atoms with Crippen molar-refractivity contribution >= 4 is 23.2 Å². The lowest BCUT2D eigenvalue weighted by atomic mass is 9.98. The zero-order chi connectivity index (χ0) is 9.42. The molecule has 0 aromatic heterocycles. The minimum Gasteiger partial charge on any atom is -0.326 e. The minimum atomic E-state index is -0.234. The van der Waals surface area contributed by atoms with Crippen molar-refractivity contribution in [3.63, 3.8) is 0 Å². The van der Waals surface area contributed by atoms with Gasteiger partial charge in [-0.2, -0.15) is 0 Å². The lowest BCUT2D eigenvalue weighted by molar-refractivity contribution is -0.116. The first-order chi connectivity index (χ1) is 6.16. The molecule has 0 spiro atoms. The summed E-state index contributed by atoms with van der Waals surface area (Å²) in [6, 6.07) is 5.07. The third kappa shape index (κ3) is 1.53. The summed E-state index contributed by atoms with van der Waals surface area (Å²) in [4.78, 5) is 11.1. The van der Waals surface area contributed by atoms with Crippen molar-refractivity contribution in [3.8, 4) is 0 Å². The maximum Gasteiger partial charge on any atom is 0.226 e. The zero-order valence-corrected chi connectivity index (χ0v) is 7.64. The lowest BCUT2D eigenvalue weighted by Crippen LogP contribution is -2.27. The first-order valence-electron chi connectivity index (χ1n) is 4.01. The van der Waals surface area contributed by atoms with Crippen molar-refractivity contribution in [3.05, 3.63) is 28.8 Å². The number of fused-ring (bicyclic) bond motifs is 1. The predicted octanol–water partition coefficient (Wildman–Crippen LogP) is 1.68. The van der Waals surface area contributed by atoms with Gasteiger partial charge in [-0.1, -0.05) is 11.6 Å². The highest BCUT2D eigenvalue weighted by atomic mass is 35.5. The molecular weight excluding hydrogens is 188 g/mol. The van der Waals surface area contributed by atoms with Crippen molar-refractivity contribution in [1.29, 1.82) is 0 Å². The van der Waals surface area contributed by atoms with Crippen LogP contribution in [0.1, 0.15) is 18.0 Å². The van der Waals surface area contributed by atoms with E-state index in [1.165, 1.54) is 0 Å². The molecule has 3 N–H and O–H groups in total. The number of hydrogen-bond donors (Lipinski definition) is 2. The van der Waals surface area contributed by atoms with Crippen LogP contribution in [0.3, 0.4) is 0 Å². The summed E-state index contributed by atoms with van der Waals surface area (Å²) in [5.41, 5.74) is 7.47. The van der Waals surface area contributed by atoms with Crippen LogP contribution >= 0.6 is 11.6 Å². The van der Waals surface area contributed by atoms with Gasteiger partial charge in [0, 0.05) is 23.2 Å². The lowest BCUT2D eigenvalue weighted by Gasteiger charge is -2.22. The Hall–Kier alpha value is -1.06. The Labute approximate surface area is 80.9 Å². The topological polar surface area (TPSA) is 55.1 Å². The number of carbonyl (C=O) groups is 1. The molecular formula is C9H9ClN2O. The number of anilines is 1. The smallest absolute Gasteiger partial charge is 0.226 e. The number of halogens is 1. The van der Waals surface area contributed by atoms with Crippen molar-refractivity contribution in [2.24, 2.45) is 5.73 Å². The Morgan fingerprint density at radius 2 is 2.31 bits per heavy atom. The standard InChI is InChI=1S/C9H9ClN2O/c10-5-1-2-8-6(3-5)7(11)4-9(13)12-8/h1-3,7H,4,11H2,(H,12,13). The van der Waals surface area contributed by atoms with E-state index in [9.17, 15) is 4.79 Å². The van der Waals surface area contributed by atoms with Crippen molar-refractivity contribution in [2.75, 3.05) is 5.32 Å². The highest BCUT2D eigenvalue weighted by Gasteiger charge is 2.21. The second kappa shape index (κ2) is 3.01. The van der Waals surface area contributed by atoms with Crippen molar-refractivity contribution in [2.45, 2.75) is 12.5 Å². The molecule has 1 atom stereocenters. The number of rotatable bonds is 0. The average Bonchev–Trinajstić information content (AvgIpc) is 2.06. The van der Waals surface area contributed by atoms with Gasteiger partial charge in [-0.3, -0.25) is 4.79 Å². The van der Waals surface area contributed by atoms with Crippen LogP contribution in [-0.4, -0.2) is 5.91 Å². The van der Waals surface area contributed by atoms with E-state index < -0.39 is 0 Å². The molecule has 1 aliphatic heterocycles. The highest BCUT2D eigenvalue weighted by molar-refractivity contribution is 6.30. The number of amides is 1. The summed E-state index contributed by atoms with van der Waals surface area (Å²) in [6.45, 7) is 0. The molecule has 0 bridgehead atoms. The van der Waals surface area contributed by atoms with Gasteiger partial charge in [-0.15, -0.1) is 0 Å². The molecule has 13 heavy (non-hydrogen) atoms. The number of nitrogens with two attached hydrogens (primary N) is 1. The summed E-state index contributed by atoms with van der Waals surface area (Å²) < 4.78 is 0. The molecule has 0 saturated carbocycles. The van der Waals surface area contributed by atoms with Gasteiger partial charge in [-0.05, 0) is 23.8 Å². The SMILES string of the molecule is NC1CC(=O)Nc2ccc(Cl)cc21. The number of nitrogens with one attached hydrogen (secondary N) is 1. The van der Waals surface area contributed by atoms with Crippen LogP contribution in [0.25, 0.3) is 0 Å². The van der Waals surface area contributed by atoms with Gasteiger partial charge < -0.3 is 11.1 Å². The van der Waals surface area contributed by atoms with Gasteiger partial charge in [0.15, 0.2) is 0 Å². The van der Waals surface area contributed by atoms with E-state index in [1.54, 1.807) is 18.2 Å². The molecule has 0 aliphatic carbocycles. The number of hydrogen-bond acceptors (Lipinski definition) is 2. The Bertz CT molecular complexity index is 365. The Balaban J connectivity index is 2.49.